The van der Waals surface area contributed by atoms with Crippen LogP contribution in [0.2, 0.25) is 0 Å². The number of amides is 1. The zero-order chi connectivity index (χ0) is 20.6. The number of nitriles is 1. The first kappa shape index (κ1) is 19.7. The zero-order valence-corrected chi connectivity index (χ0v) is 15.1. The molecular weight excluding hydrogens is 376 g/mol. The third kappa shape index (κ3) is 5.02. The predicted molar refractivity (Wildman–Crippen MR) is 103 cm³/mol. The highest BCUT2D eigenvalue weighted by Gasteiger charge is 2.11. The van der Waals surface area contributed by atoms with E-state index in [1.165, 1.54) is 24.4 Å². The number of carbonyl (C=O) groups excluding carboxylic acids is 1. The molecule has 0 unspecified atom stereocenters. The number of ether oxygens (including phenoxy) is 1. The molecule has 3 aromatic carbocycles. The molecule has 3 rings (SSSR count). The molecular formula is C22H15F2N3O2. The smallest absolute Gasteiger partial charge is 0.274 e. The van der Waals surface area contributed by atoms with Gasteiger partial charge in [-0.25, -0.2) is 14.2 Å². The van der Waals surface area contributed by atoms with Gasteiger partial charge in [0.2, 0.25) is 0 Å². The van der Waals surface area contributed by atoms with Gasteiger partial charge in [-0.15, -0.1) is 0 Å². The fourth-order valence-electron chi connectivity index (χ4n) is 2.48. The summed E-state index contributed by atoms with van der Waals surface area (Å²) in [5.74, 6) is -1.49. The van der Waals surface area contributed by atoms with Crippen molar-refractivity contribution in [1.29, 1.82) is 5.26 Å². The van der Waals surface area contributed by atoms with Crippen LogP contribution in [0, 0.1) is 23.0 Å². The molecule has 0 aromatic heterocycles. The molecule has 0 saturated heterocycles. The van der Waals surface area contributed by atoms with Gasteiger partial charge in [0.1, 0.15) is 24.0 Å². The van der Waals surface area contributed by atoms with Gasteiger partial charge in [0.15, 0.2) is 0 Å². The van der Waals surface area contributed by atoms with Gasteiger partial charge in [-0.05, 0) is 36.4 Å². The van der Waals surface area contributed by atoms with Gasteiger partial charge in [-0.3, -0.25) is 4.79 Å². The first-order chi connectivity index (χ1) is 14.1. The Labute approximate surface area is 165 Å². The van der Waals surface area contributed by atoms with Crippen LogP contribution in [-0.2, 0) is 6.61 Å². The molecule has 0 aliphatic rings. The molecule has 3 aromatic rings. The van der Waals surface area contributed by atoms with Gasteiger partial charge < -0.3 is 4.74 Å². The number of halogens is 2. The molecule has 0 aliphatic carbocycles. The van der Waals surface area contributed by atoms with Crippen molar-refractivity contribution in [2.75, 3.05) is 0 Å². The van der Waals surface area contributed by atoms with E-state index in [2.05, 4.69) is 10.5 Å². The fourth-order valence-corrected chi connectivity index (χ4v) is 2.48. The topological polar surface area (TPSA) is 74.5 Å². The number of hydrogen-bond donors (Lipinski definition) is 1. The van der Waals surface area contributed by atoms with Gasteiger partial charge in [-0.2, -0.15) is 10.4 Å². The molecule has 0 heterocycles. The van der Waals surface area contributed by atoms with Crippen molar-refractivity contribution in [1.82, 2.24) is 5.43 Å². The van der Waals surface area contributed by atoms with E-state index < -0.39 is 11.7 Å². The van der Waals surface area contributed by atoms with E-state index in [0.717, 1.165) is 6.07 Å². The van der Waals surface area contributed by atoms with Crippen molar-refractivity contribution in [3.63, 3.8) is 0 Å². The van der Waals surface area contributed by atoms with E-state index in [4.69, 9.17) is 10.00 Å². The average molecular weight is 391 g/mol. The number of nitrogens with one attached hydrogen (secondary N) is 1. The molecule has 1 amide bonds. The Kier molecular flexibility index (Phi) is 6.28. The number of hydrazone groups is 1. The zero-order valence-electron chi connectivity index (χ0n) is 15.1. The van der Waals surface area contributed by atoms with Crippen molar-refractivity contribution in [2.24, 2.45) is 5.10 Å². The third-order valence-electron chi connectivity index (χ3n) is 3.97. The van der Waals surface area contributed by atoms with Crippen LogP contribution < -0.4 is 10.2 Å². The summed E-state index contributed by atoms with van der Waals surface area (Å²) in [4.78, 5) is 12.1. The Balaban J connectivity index is 1.67. The predicted octanol–water partition coefficient (Wildman–Crippen LogP) is 4.18. The number of benzene rings is 3. The van der Waals surface area contributed by atoms with Crippen LogP contribution in [0.15, 0.2) is 71.8 Å². The van der Waals surface area contributed by atoms with E-state index in [0.29, 0.717) is 16.9 Å². The van der Waals surface area contributed by atoms with Crippen LogP contribution in [0.25, 0.3) is 0 Å². The summed E-state index contributed by atoms with van der Waals surface area (Å²) in [5, 5.41) is 12.6. The highest BCUT2D eigenvalue weighted by atomic mass is 19.1. The van der Waals surface area contributed by atoms with Crippen molar-refractivity contribution < 1.29 is 18.3 Å². The largest absolute Gasteiger partial charge is 0.488 e. The van der Waals surface area contributed by atoms with Crippen LogP contribution in [0.4, 0.5) is 8.78 Å². The van der Waals surface area contributed by atoms with E-state index in [9.17, 15) is 13.6 Å². The molecule has 7 heteroatoms. The summed E-state index contributed by atoms with van der Waals surface area (Å²) in [7, 11) is 0. The lowest BCUT2D eigenvalue weighted by atomic mass is 10.1. The van der Waals surface area contributed by atoms with Crippen LogP contribution >= 0.6 is 0 Å². The quantitative estimate of drug-likeness (QED) is 0.506. The molecule has 0 spiro atoms. The number of carbonyl (C=O) groups is 1. The molecule has 0 fully saturated rings. The lowest BCUT2D eigenvalue weighted by molar-refractivity contribution is 0.0951. The molecule has 0 bridgehead atoms. The average Bonchev–Trinajstić information content (AvgIpc) is 2.73. The summed E-state index contributed by atoms with van der Waals surface area (Å²) in [6, 6.07) is 18.5. The van der Waals surface area contributed by atoms with E-state index in [1.54, 1.807) is 48.5 Å². The fraction of sp³-hybridized carbons (Fsp3) is 0.0455. The lowest BCUT2D eigenvalue weighted by Gasteiger charge is -2.09. The standard InChI is InChI=1S/C22H15F2N3O2/c23-19-7-3-1-6-17(19)14-29-21-8-4-2-5-16(21)13-26-27-22(28)18-10-9-15(12-25)11-20(18)24/h1-11,13H,14H2,(H,27,28)/b26-13-. The minimum absolute atomic E-state index is 0.0281. The molecule has 29 heavy (non-hydrogen) atoms. The van der Waals surface area contributed by atoms with Gasteiger partial charge in [0.05, 0.1) is 23.4 Å². The summed E-state index contributed by atoms with van der Waals surface area (Å²) in [6.45, 7) is 0.0281. The second-order valence-corrected chi connectivity index (χ2v) is 5.92. The molecule has 0 radical (unpaired) electrons. The number of rotatable bonds is 6. The van der Waals surface area contributed by atoms with Gasteiger partial charge >= 0.3 is 0 Å². The second kappa shape index (κ2) is 9.24. The van der Waals surface area contributed by atoms with Crippen LogP contribution in [0.3, 0.4) is 0 Å². The molecule has 144 valence electrons. The van der Waals surface area contributed by atoms with E-state index in [-0.39, 0.29) is 23.6 Å². The minimum Gasteiger partial charge on any atom is -0.488 e. The van der Waals surface area contributed by atoms with Crippen LogP contribution in [0.1, 0.15) is 27.0 Å². The maximum Gasteiger partial charge on any atom is 0.274 e. The molecule has 0 saturated carbocycles. The highest BCUT2D eigenvalue weighted by Crippen LogP contribution is 2.18. The summed E-state index contributed by atoms with van der Waals surface area (Å²) in [5.41, 5.74) is 3.06. The minimum atomic E-state index is -0.814. The Bertz CT molecular complexity index is 1110. The molecule has 5 nitrogen and oxygen atoms in total. The third-order valence-corrected chi connectivity index (χ3v) is 3.97. The van der Waals surface area contributed by atoms with E-state index in [1.807, 2.05) is 0 Å². The van der Waals surface area contributed by atoms with Crippen LogP contribution in [0.5, 0.6) is 5.75 Å². The molecule has 1 N–H and O–H groups in total. The molecule has 0 aliphatic heterocycles. The first-order valence-corrected chi connectivity index (χ1v) is 8.57. The summed E-state index contributed by atoms with van der Waals surface area (Å²) < 4.78 is 33.3. The first-order valence-electron chi connectivity index (χ1n) is 8.57. The van der Waals surface area contributed by atoms with Gasteiger partial charge in [0, 0.05) is 11.1 Å². The lowest BCUT2D eigenvalue weighted by Crippen LogP contribution is -2.19. The second-order valence-electron chi connectivity index (χ2n) is 5.92. The summed E-state index contributed by atoms with van der Waals surface area (Å²) in [6.07, 6.45) is 1.34. The Morgan fingerprint density at radius 1 is 1.07 bits per heavy atom. The summed E-state index contributed by atoms with van der Waals surface area (Å²) >= 11 is 0. The Hall–Kier alpha value is -4.05. The maximum atomic E-state index is 13.9. The van der Waals surface area contributed by atoms with Crippen LogP contribution in [-0.4, -0.2) is 12.1 Å². The SMILES string of the molecule is N#Cc1ccc(C(=O)N/N=C\c2ccccc2OCc2ccccc2F)c(F)c1. The van der Waals surface area contributed by atoms with Gasteiger partial charge in [-0.1, -0.05) is 30.3 Å². The monoisotopic (exact) mass is 391 g/mol. The Morgan fingerprint density at radius 3 is 2.59 bits per heavy atom. The van der Waals surface area contributed by atoms with Crippen molar-refractivity contribution in [3.05, 3.63) is 101 Å². The Morgan fingerprint density at radius 2 is 1.83 bits per heavy atom. The number of para-hydroxylation sites is 1. The normalized spacial score (nSPS) is 10.5. The van der Waals surface area contributed by atoms with E-state index >= 15 is 0 Å². The molecule has 0 atom stereocenters. The van der Waals surface area contributed by atoms with Crippen molar-refractivity contribution >= 4 is 12.1 Å². The van der Waals surface area contributed by atoms with Gasteiger partial charge in [0.25, 0.3) is 5.91 Å². The van der Waals surface area contributed by atoms with Crippen molar-refractivity contribution in [2.45, 2.75) is 6.61 Å². The number of hydrogen-bond acceptors (Lipinski definition) is 4. The maximum absolute atomic E-state index is 13.9. The highest BCUT2D eigenvalue weighted by molar-refractivity contribution is 5.95. The van der Waals surface area contributed by atoms with Crippen molar-refractivity contribution in [3.8, 4) is 11.8 Å². The number of nitrogens with zero attached hydrogens (tertiary/aromatic N) is 2.